The zero-order chi connectivity index (χ0) is 26.1. The topological polar surface area (TPSA) is 125 Å². The highest BCUT2D eigenvalue weighted by atomic mass is 32.2. The van der Waals surface area contributed by atoms with Crippen molar-refractivity contribution in [3.05, 3.63) is 63.9 Å². The maximum atomic E-state index is 14.6. The number of carboxylic acid groups (broad SMARTS) is 1. The number of nitrogens with zero attached hydrogens (tertiary/aromatic N) is 3. The van der Waals surface area contributed by atoms with E-state index in [4.69, 9.17) is 9.90 Å². The number of sulfonamides is 1. The van der Waals surface area contributed by atoms with Gasteiger partial charge in [0, 0.05) is 29.6 Å². The molecule has 36 heavy (non-hydrogen) atoms. The Balaban J connectivity index is 0.00000115. The normalized spacial score (nSPS) is 13.8. The summed E-state index contributed by atoms with van der Waals surface area (Å²) >= 11 is 1.18. The summed E-state index contributed by atoms with van der Waals surface area (Å²) < 4.78 is 69.3. The quantitative estimate of drug-likeness (QED) is 0.341. The molecule has 4 rings (SSSR count). The zero-order valence-electron chi connectivity index (χ0n) is 18.9. The highest BCUT2D eigenvalue weighted by Crippen LogP contribution is 2.30. The van der Waals surface area contributed by atoms with Gasteiger partial charge in [-0.2, -0.15) is 8.42 Å². The predicted molar refractivity (Wildman–Crippen MR) is 129 cm³/mol. The van der Waals surface area contributed by atoms with E-state index < -0.39 is 32.9 Å². The molecule has 3 heterocycles. The number of hydrogen-bond acceptors (Lipinski definition) is 8. The zero-order valence-corrected chi connectivity index (χ0v) is 20.5. The summed E-state index contributed by atoms with van der Waals surface area (Å²) in [6.07, 6.45) is 0.254. The SMILES string of the molecule is O=CO.O=S(=O)(Nc1cscn1)c1cc(C(F)F)c(NCc2c(F)cccc2CN2CCCC2)cn1. The molecule has 2 aromatic heterocycles. The van der Waals surface area contributed by atoms with Gasteiger partial charge in [-0.05, 0) is 43.6 Å². The van der Waals surface area contributed by atoms with E-state index in [0.717, 1.165) is 43.8 Å². The summed E-state index contributed by atoms with van der Waals surface area (Å²) in [5.74, 6) is -0.356. The molecule has 1 saturated heterocycles. The van der Waals surface area contributed by atoms with Gasteiger partial charge in [-0.1, -0.05) is 12.1 Å². The molecule has 0 spiro atoms. The van der Waals surface area contributed by atoms with Gasteiger partial charge in [-0.15, -0.1) is 11.3 Å². The number of rotatable bonds is 9. The largest absolute Gasteiger partial charge is 0.483 e. The lowest BCUT2D eigenvalue weighted by molar-refractivity contribution is -0.122. The molecule has 1 aliphatic rings. The van der Waals surface area contributed by atoms with Crippen molar-refractivity contribution in [1.29, 1.82) is 0 Å². The van der Waals surface area contributed by atoms with E-state index in [2.05, 4.69) is 24.9 Å². The van der Waals surface area contributed by atoms with Gasteiger partial charge in [0.1, 0.15) is 5.82 Å². The van der Waals surface area contributed by atoms with Crippen LogP contribution < -0.4 is 10.0 Å². The molecule has 3 aromatic rings. The summed E-state index contributed by atoms with van der Waals surface area (Å²) in [5.41, 5.74) is 1.99. The van der Waals surface area contributed by atoms with Crippen molar-refractivity contribution in [2.24, 2.45) is 0 Å². The van der Waals surface area contributed by atoms with Gasteiger partial charge < -0.3 is 10.4 Å². The van der Waals surface area contributed by atoms with E-state index in [0.29, 0.717) is 12.1 Å². The minimum absolute atomic E-state index is 0.0413. The molecular weight excluding hydrogens is 519 g/mol. The molecule has 1 aliphatic heterocycles. The van der Waals surface area contributed by atoms with Gasteiger partial charge >= 0.3 is 0 Å². The van der Waals surface area contributed by atoms with E-state index in [-0.39, 0.29) is 24.5 Å². The molecule has 0 amide bonds. The second kappa shape index (κ2) is 12.6. The molecule has 0 radical (unpaired) electrons. The summed E-state index contributed by atoms with van der Waals surface area (Å²) in [4.78, 5) is 18.2. The molecule has 1 aromatic carbocycles. The van der Waals surface area contributed by atoms with Gasteiger partial charge in [0.2, 0.25) is 0 Å². The molecule has 9 nitrogen and oxygen atoms in total. The van der Waals surface area contributed by atoms with Crippen molar-refractivity contribution in [2.75, 3.05) is 23.1 Å². The maximum absolute atomic E-state index is 14.6. The summed E-state index contributed by atoms with van der Waals surface area (Å²) in [7, 11) is -4.19. The number of anilines is 2. The number of nitrogens with one attached hydrogen (secondary N) is 2. The van der Waals surface area contributed by atoms with Crippen LogP contribution in [0.25, 0.3) is 0 Å². The maximum Gasteiger partial charge on any atom is 0.290 e. The van der Waals surface area contributed by atoms with Crippen molar-refractivity contribution >= 4 is 39.3 Å². The van der Waals surface area contributed by atoms with Crippen LogP contribution in [-0.2, 0) is 27.9 Å². The Morgan fingerprint density at radius 2 is 1.94 bits per heavy atom. The Bertz CT molecular complexity index is 1250. The van der Waals surface area contributed by atoms with Crippen LogP contribution in [0.2, 0.25) is 0 Å². The molecule has 0 unspecified atom stereocenters. The number of carbonyl (C=O) groups is 1. The number of halogens is 3. The summed E-state index contributed by atoms with van der Waals surface area (Å²) in [6, 6.07) is 5.60. The number of alkyl halides is 2. The first-order valence-electron chi connectivity index (χ1n) is 10.7. The number of pyridine rings is 1. The van der Waals surface area contributed by atoms with Gasteiger partial charge in [0.25, 0.3) is 22.9 Å². The third kappa shape index (κ3) is 7.15. The first kappa shape index (κ1) is 27.4. The number of hydrogen-bond donors (Lipinski definition) is 3. The van der Waals surface area contributed by atoms with Crippen LogP contribution in [0.4, 0.5) is 24.7 Å². The molecular formula is C22H24F3N5O4S2. The molecule has 0 aliphatic carbocycles. The highest BCUT2D eigenvalue weighted by Gasteiger charge is 2.23. The predicted octanol–water partition coefficient (Wildman–Crippen LogP) is 4.32. The molecule has 0 bridgehead atoms. The number of thiazole rings is 1. The van der Waals surface area contributed by atoms with Crippen LogP contribution in [0.15, 0.2) is 46.4 Å². The van der Waals surface area contributed by atoms with E-state index in [1.807, 2.05) is 6.07 Å². The fourth-order valence-electron chi connectivity index (χ4n) is 3.69. The molecule has 3 N–H and O–H groups in total. The van der Waals surface area contributed by atoms with E-state index >= 15 is 0 Å². The summed E-state index contributed by atoms with van der Waals surface area (Å²) in [6.45, 7) is 2.16. The fraction of sp³-hybridized carbons (Fsp3) is 0.318. The van der Waals surface area contributed by atoms with E-state index in [1.54, 1.807) is 6.07 Å². The molecule has 194 valence electrons. The molecule has 0 atom stereocenters. The van der Waals surface area contributed by atoms with Crippen molar-refractivity contribution in [3.8, 4) is 0 Å². The van der Waals surface area contributed by atoms with Crippen molar-refractivity contribution < 1.29 is 31.5 Å². The van der Waals surface area contributed by atoms with Crippen LogP contribution in [0, 0.1) is 5.82 Å². The third-order valence-electron chi connectivity index (χ3n) is 5.36. The lowest BCUT2D eigenvalue weighted by Crippen LogP contribution is -2.20. The summed E-state index contributed by atoms with van der Waals surface area (Å²) in [5, 5.41) is 10.6. The smallest absolute Gasteiger partial charge is 0.290 e. The van der Waals surface area contributed by atoms with E-state index in [1.165, 1.54) is 28.3 Å². The average Bonchev–Trinajstić information content (AvgIpc) is 3.53. The lowest BCUT2D eigenvalue weighted by Gasteiger charge is -2.19. The monoisotopic (exact) mass is 543 g/mol. The Morgan fingerprint density at radius 3 is 2.58 bits per heavy atom. The van der Waals surface area contributed by atoms with Crippen molar-refractivity contribution in [1.82, 2.24) is 14.9 Å². The van der Waals surface area contributed by atoms with Crippen molar-refractivity contribution in [3.63, 3.8) is 0 Å². The molecule has 1 fully saturated rings. The van der Waals surface area contributed by atoms with Crippen LogP contribution >= 0.6 is 11.3 Å². The van der Waals surface area contributed by atoms with Gasteiger partial charge in [-0.3, -0.25) is 14.4 Å². The van der Waals surface area contributed by atoms with Crippen LogP contribution in [-0.4, -0.2) is 48.0 Å². The molecule has 0 saturated carbocycles. The van der Waals surface area contributed by atoms with Crippen molar-refractivity contribution in [2.45, 2.75) is 37.4 Å². The lowest BCUT2D eigenvalue weighted by atomic mass is 10.1. The second-order valence-corrected chi connectivity index (χ2v) is 10.1. The second-order valence-electron chi connectivity index (χ2n) is 7.71. The minimum Gasteiger partial charge on any atom is -0.483 e. The Morgan fingerprint density at radius 1 is 1.22 bits per heavy atom. The third-order valence-corrected chi connectivity index (χ3v) is 7.19. The standard InChI is InChI=1S/C21H22F3N5O2S2.CH2O2/c22-17-5-3-4-14(11-29-6-1-2-7-29)16(17)9-25-18-10-26-20(8-15(18)21(23)24)33(30,31)28-19-12-32-13-27-19;2-1-3/h3-5,8,10,12-13,21,25,28H,1-2,6-7,9,11H2;1H,(H,2,3). The van der Waals surface area contributed by atoms with Gasteiger partial charge in [-0.25, -0.2) is 23.1 Å². The number of likely N-dealkylation sites (tertiary alicyclic amines) is 1. The van der Waals surface area contributed by atoms with E-state index in [9.17, 15) is 21.6 Å². The number of benzene rings is 1. The van der Waals surface area contributed by atoms with Crippen LogP contribution in [0.1, 0.15) is 36.0 Å². The first-order valence-corrected chi connectivity index (χ1v) is 13.2. The number of aromatic nitrogens is 2. The first-order chi connectivity index (χ1) is 17.2. The molecule has 14 heteroatoms. The highest BCUT2D eigenvalue weighted by molar-refractivity contribution is 7.92. The van der Waals surface area contributed by atoms with Crippen LogP contribution in [0.5, 0.6) is 0 Å². The van der Waals surface area contributed by atoms with Gasteiger partial charge in [0.05, 0.1) is 17.4 Å². The minimum atomic E-state index is -4.19. The fourth-order valence-corrected chi connectivity index (χ4v) is 5.22. The van der Waals surface area contributed by atoms with Crippen LogP contribution in [0.3, 0.4) is 0 Å². The Kier molecular flexibility index (Phi) is 9.61. The van der Waals surface area contributed by atoms with Gasteiger partial charge in [0.15, 0.2) is 10.8 Å². The Hall–Kier alpha value is -3.23. The average molecular weight is 544 g/mol. The Labute approximate surface area is 210 Å².